The van der Waals surface area contributed by atoms with E-state index in [1.165, 1.54) is 6.42 Å². The maximum Gasteiger partial charge on any atom is 0.255 e. The topological polar surface area (TPSA) is 63.5 Å². The van der Waals surface area contributed by atoms with Gasteiger partial charge in [0.05, 0.1) is 25.1 Å². The van der Waals surface area contributed by atoms with Crippen LogP contribution in [-0.4, -0.2) is 64.7 Å². The van der Waals surface area contributed by atoms with Gasteiger partial charge in [0.2, 0.25) is 0 Å². The standard InChI is InChI=1S/C19H25N5O2/c25-19(23-8-10-26-11-9-23)17-3-4-18(21-12-17)24-6-1-2-16(14-24)13-22-7-5-20-15-22/h3-5,7,12,15-16H,1-2,6,8-11,13-14H2. The monoisotopic (exact) mass is 355 g/mol. The molecule has 2 saturated heterocycles. The number of imidazole rings is 1. The van der Waals surface area contributed by atoms with Crippen LogP contribution >= 0.6 is 0 Å². The highest BCUT2D eigenvalue weighted by atomic mass is 16.5. The molecule has 0 aliphatic carbocycles. The van der Waals surface area contributed by atoms with Gasteiger partial charge in [0.1, 0.15) is 5.82 Å². The molecule has 1 amide bonds. The Bertz CT molecular complexity index is 710. The molecule has 138 valence electrons. The molecule has 2 fully saturated rings. The molecule has 26 heavy (non-hydrogen) atoms. The van der Waals surface area contributed by atoms with Crippen molar-refractivity contribution in [2.45, 2.75) is 19.4 Å². The van der Waals surface area contributed by atoms with Gasteiger partial charge in [-0.15, -0.1) is 0 Å². The number of anilines is 1. The van der Waals surface area contributed by atoms with Gasteiger partial charge in [-0.2, -0.15) is 0 Å². The molecule has 4 heterocycles. The Labute approximate surface area is 153 Å². The van der Waals surface area contributed by atoms with Crippen LogP contribution in [0.5, 0.6) is 0 Å². The summed E-state index contributed by atoms with van der Waals surface area (Å²) in [6.45, 7) is 5.54. The lowest BCUT2D eigenvalue weighted by molar-refractivity contribution is 0.0302. The molecule has 2 aromatic rings. The summed E-state index contributed by atoms with van der Waals surface area (Å²) in [4.78, 5) is 25.4. The maximum atomic E-state index is 12.5. The van der Waals surface area contributed by atoms with Crippen LogP contribution in [0.15, 0.2) is 37.1 Å². The first kappa shape index (κ1) is 17.0. The first-order chi connectivity index (χ1) is 12.8. The average molecular weight is 355 g/mol. The molecule has 0 aromatic carbocycles. The number of aromatic nitrogens is 3. The molecule has 1 atom stereocenters. The van der Waals surface area contributed by atoms with Crippen molar-refractivity contribution in [3.05, 3.63) is 42.6 Å². The van der Waals surface area contributed by atoms with Crippen molar-refractivity contribution in [3.63, 3.8) is 0 Å². The Morgan fingerprint density at radius 2 is 2.12 bits per heavy atom. The van der Waals surface area contributed by atoms with Crippen molar-refractivity contribution in [2.75, 3.05) is 44.3 Å². The van der Waals surface area contributed by atoms with E-state index in [0.29, 0.717) is 37.8 Å². The number of pyridine rings is 1. The number of ether oxygens (including phenoxy) is 1. The molecule has 1 unspecified atom stereocenters. The third-order valence-corrected chi connectivity index (χ3v) is 5.16. The maximum absolute atomic E-state index is 12.5. The van der Waals surface area contributed by atoms with Crippen molar-refractivity contribution in [2.24, 2.45) is 5.92 Å². The summed E-state index contributed by atoms with van der Waals surface area (Å²) >= 11 is 0. The lowest BCUT2D eigenvalue weighted by Crippen LogP contribution is -2.40. The Hall–Kier alpha value is -2.41. The first-order valence-electron chi connectivity index (χ1n) is 9.33. The fourth-order valence-electron chi connectivity index (χ4n) is 3.76. The highest BCUT2D eigenvalue weighted by molar-refractivity contribution is 5.94. The Balaban J connectivity index is 1.38. The van der Waals surface area contributed by atoms with Crippen molar-refractivity contribution in [1.82, 2.24) is 19.4 Å². The number of piperidine rings is 1. The van der Waals surface area contributed by atoms with Gasteiger partial charge in [-0.25, -0.2) is 9.97 Å². The van der Waals surface area contributed by atoms with E-state index in [4.69, 9.17) is 4.74 Å². The predicted molar refractivity (Wildman–Crippen MR) is 98.1 cm³/mol. The van der Waals surface area contributed by atoms with E-state index in [1.807, 2.05) is 35.8 Å². The van der Waals surface area contributed by atoms with Crippen LogP contribution in [0.2, 0.25) is 0 Å². The summed E-state index contributed by atoms with van der Waals surface area (Å²) in [5.74, 6) is 1.59. The van der Waals surface area contributed by atoms with E-state index in [0.717, 1.165) is 31.9 Å². The number of hydrogen-bond acceptors (Lipinski definition) is 5. The second kappa shape index (κ2) is 7.86. The molecule has 0 saturated carbocycles. The van der Waals surface area contributed by atoms with Gasteiger partial charge in [0, 0.05) is 51.3 Å². The highest BCUT2D eigenvalue weighted by Crippen LogP contribution is 2.23. The zero-order chi connectivity index (χ0) is 17.8. The number of carbonyl (C=O) groups is 1. The first-order valence-corrected chi connectivity index (χ1v) is 9.33. The Kier molecular flexibility index (Phi) is 5.15. The number of morpholine rings is 1. The van der Waals surface area contributed by atoms with E-state index in [2.05, 4.69) is 19.4 Å². The minimum Gasteiger partial charge on any atom is -0.378 e. The number of amides is 1. The molecule has 2 aromatic heterocycles. The molecular weight excluding hydrogens is 330 g/mol. The van der Waals surface area contributed by atoms with E-state index in [1.54, 1.807) is 6.20 Å². The van der Waals surface area contributed by atoms with Crippen LogP contribution in [0, 0.1) is 5.92 Å². The Morgan fingerprint density at radius 1 is 1.23 bits per heavy atom. The molecule has 4 rings (SSSR count). The molecule has 2 aliphatic rings. The summed E-state index contributed by atoms with van der Waals surface area (Å²) < 4.78 is 7.45. The highest BCUT2D eigenvalue weighted by Gasteiger charge is 2.22. The van der Waals surface area contributed by atoms with Gasteiger partial charge in [-0.1, -0.05) is 0 Å². The van der Waals surface area contributed by atoms with Crippen LogP contribution in [0.25, 0.3) is 0 Å². The average Bonchev–Trinajstić information content (AvgIpc) is 3.21. The minimum atomic E-state index is 0.0454. The van der Waals surface area contributed by atoms with E-state index < -0.39 is 0 Å². The fraction of sp³-hybridized carbons (Fsp3) is 0.526. The van der Waals surface area contributed by atoms with Crippen LogP contribution in [0.4, 0.5) is 5.82 Å². The summed E-state index contributed by atoms with van der Waals surface area (Å²) in [7, 11) is 0. The molecule has 0 N–H and O–H groups in total. The molecular formula is C19H25N5O2. The zero-order valence-corrected chi connectivity index (χ0v) is 15.0. The second-order valence-corrected chi connectivity index (χ2v) is 7.02. The summed E-state index contributed by atoms with van der Waals surface area (Å²) in [6, 6.07) is 3.88. The lowest BCUT2D eigenvalue weighted by atomic mass is 9.98. The van der Waals surface area contributed by atoms with Crippen molar-refractivity contribution in [3.8, 4) is 0 Å². The van der Waals surface area contributed by atoms with E-state index in [-0.39, 0.29) is 5.91 Å². The third kappa shape index (κ3) is 3.88. The van der Waals surface area contributed by atoms with Crippen molar-refractivity contribution in [1.29, 1.82) is 0 Å². The summed E-state index contributed by atoms with van der Waals surface area (Å²) in [5, 5.41) is 0. The second-order valence-electron chi connectivity index (χ2n) is 7.02. The van der Waals surface area contributed by atoms with E-state index >= 15 is 0 Å². The van der Waals surface area contributed by atoms with Crippen LogP contribution in [-0.2, 0) is 11.3 Å². The van der Waals surface area contributed by atoms with Crippen LogP contribution in [0.3, 0.4) is 0 Å². The molecule has 0 bridgehead atoms. The summed E-state index contributed by atoms with van der Waals surface area (Å²) in [6.07, 6.45) is 9.82. The quantitative estimate of drug-likeness (QED) is 0.835. The van der Waals surface area contributed by atoms with Gasteiger partial charge in [0.15, 0.2) is 0 Å². The van der Waals surface area contributed by atoms with Crippen LogP contribution < -0.4 is 4.90 Å². The molecule has 0 radical (unpaired) electrons. The smallest absolute Gasteiger partial charge is 0.255 e. The molecule has 7 nitrogen and oxygen atoms in total. The van der Waals surface area contributed by atoms with Gasteiger partial charge in [-0.05, 0) is 30.9 Å². The van der Waals surface area contributed by atoms with Gasteiger partial charge in [0.25, 0.3) is 5.91 Å². The van der Waals surface area contributed by atoms with Crippen molar-refractivity contribution >= 4 is 11.7 Å². The van der Waals surface area contributed by atoms with Gasteiger partial charge >= 0.3 is 0 Å². The zero-order valence-electron chi connectivity index (χ0n) is 15.0. The molecule has 7 heteroatoms. The largest absolute Gasteiger partial charge is 0.378 e. The molecule has 2 aliphatic heterocycles. The van der Waals surface area contributed by atoms with E-state index in [9.17, 15) is 4.79 Å². The predicted octanol–water partition coefficient (Wildman–Crippen LogP) is 1.67. The van der Waals surface area contributed by atoms with Crippen molar-refractivity contribution < 1.29 is 9.53 Å². The Morgan fingerprint density at radius 3 is 2.85 bits per heavy atom. The fourth-order valence-corrected chi connectivity index (χ4v) is 3.76. The lowest BCUT2D eigenvalue weighted by Gasteiger charge is -2.34. The number of carbonyl (C=O) groups excluding carboxylic acids is 1. The molecule has 0 spiro atoms. The number of nitrogens with zero attached hydrogens (tertiary/aromatic N) is 5. The third-order valence-electron chi connectivity index (χ3n) is 5.16. The SMILES string of the molecule is O=C(c1ccc(N2CCCC(Cn3ccnc3)C2)nc1)N1CCOCC1. The van der Waals surface area contributed by atoms with Gasteiger partial charge in [-0.3, -0.25) is 4.79 Å². The van der Waals surface area contributed by atoms with Gasteiger partial charge < -0.3 is 19.1 Å². The minimum absolute atomic E-state index is 0.0454. The number of rotatable bonds is 4. The summed E-state index contributed by atoms with van der Waals surface area (Å²) in [5.41, 5.74) is 0.655. The van der Waals surface area contributed by atoms with Crippen LogP contribution in [0.1, 0.15) is 23.2 Å². The number of hydrogen-bond donors (Lipinski definition) is 0. The normalized spacial score (nSPS) is 21.0.